The molecule has 1 aliphatic rings. The molecule has 1 heterocycles. The Balaban J connectivity index is 1.44. The zero-order chi connectivity index (χ0) is 19.1. The zero-order valence-corrected chi connectivity index (χ0v) is 17.4. The van der Waals surface area contributed by atoms with Crippen LogP contribution in [0.5, 0.6) is 0 Å². The second-order valence-electron chi connectivity index (χ2n) is 7.09. The summed E-state index contributed by atoms with van der Waals surface area (Å²) in [5, 5.41) is 3.59. The van der Waals surface area contributed by atoms with Crippen LogP contribution in [0.2, 0.25) is 5.02 Å². The van der Waals surface area contributed by atoms with E-state index in [1.165, 1.54) is 37.9 Å². The number of likely N-dealkylation sites (tertiary alicyclic amines) is 1. The van der Waals surface area contributed by atoms with E-state index in [1.54, 1.807) is 11.8 Å². The number of benzene rings is 2. The molecule has 0 spiro atoms. The van der Waals surface area contributed by atoms with E-state index in [0.717, 1.165) is 17.0 Å². The van der Waals surface area contributed by atoms with Gasteiger partial charge in [-0.3, -0.25) is 9.69 Å². The fraction of sp³-hybridized carbons (Fsp3) is 0.409. The maximum atomic E-state index is 12.4. The summed E-state index contributed by atoms with van der Waals surface area (Å²) >= 11 is 7.44. The van der Waals surface area contributed by atoms with Crippen LogP contribution >= 0.6 is 23.4 Å². The molecule has 0 bridgehead atoms. The van der Waals surface area contributed by atoms with Crippen LogP contribution in [0.1, 0.15) is 37.3 Å². The van der Waals surface area contributed by atoms with Crippen LogP contribution in [0.25, 0.3) is 0 Å². The van der Waals surface area contributed by atoms with Crippen molar-refractivity contribution in [1.82, 2.24) is 10.2 Å². The van der Waals surface area contributed by atoms with Gasteiger partial charge in [0, 0.05) is 23.0 Å². The smallest absolute Gasteiger partial charge is 0.233 e. The molecule has 3 rings (SSSR count). The first kappa shape index (κ1) is 20.2. The van der Waals surface area contributed by atoms with Gasteiger partial charge in [0.05, 0.1) is 5.25 Å². The minimum absolute atomic E-state index is 0.0485. The van der Waals surface area contributed by atoms with Gasteiger partial charge in [0.15, 0.2) is 0 Å². The van der Waals surface area contributed by atoms with E-state index in [-0.39, 0.29) is 11.2 Å². The lowest BCUT2D eigenvalue weighted by Gasteiger charge is -2.26. The van der Waals surface area contributed by atoms with E-state index in [2.05, 4.69) is 34.5 Å². The van der Waals surface area contributed by atoms with Crippen molar-refractivity contribution in [1.29, 1.82) is 0 Å². The Morgan fingerprint density at radius 1 is 1.04 bits per heavy atom. The average Bonchev–Trinajstić information content (AvgIpc) is 2.69. The summed E-state index contributed by atoms with van der Waals surface area (Å²) in [5.41, 5.74) is 2.48. The van der Waals surface area contributed by atoms with Gasteiger partial charge >= 0.3 is 0 Å². The number of nitrogens with one attached hydrogen (secondary N) is 1. The van der Waals surface area contributed by atoms with Gasteiger partial charge in [-0.15, -0.1) is 11.8 Å². The molecule has 0 unspecified atom stereocenters. The van der Waals surface area contributed by atoms with Gasteiger partial charge < -0.3 is 5.32 Å². The first-order valence-electron chi connectivity index (χ1n) is 9.60. The number of thioether (sulfide) groups is 1. The van der Waals surface area contributed by atoms with Crippen molar-refractivity contribution in [3.8, 4) is 0 Å². The number of amides is 1. The minimum Gasteiger partial charge on any atom is -0.351 e. The normalized spacial score (nSPS) is 16.1. The van der Waals surface area contributed by atoms with E-state index < -0.39 is 0 Å². The molecule has 2 aromatic rings. The first-order chi connectivity index (χ1) is 13.1. The lowest BCUT2D eigenvalue weighted by molar-refractivity contribution is -0.120. The number of carbonyl (C=O) groups excluding carboxylic acids is 1. The molecule has 1 saturated heterocycles. The Morgan fingerprint density at radius 2 is 1.67 bits per heavy atom. The standard InChI is InChI=1S/C22H27ClN2OS/c1-17(27-21-11-9-20(23)10-12-21)22(26)24-15-18-5-7-19(8-6-18)16-25-13-3-2-4-14-25/h5-12,17H,2-4,13-16H2,1H3,(H,24,26)/t17-/m1/s1. The lowest BCUT2D eigenvalue weighted by atomic mass is 10.1. The number of rotatable bonds is 7. The van der Waals surface area contributed by atoms with Gasteiger partial charge in [0.25, 0.3) is 0 Å². The number of nitrogens with zero attached hydrogens (tertiary/aromatic N) is 1. The van der Waals surface area contributed by atoms with Crippen molar-refractivity contribution in [3.63, 3.8) is 0 Å². The highest BCUT2D eigenvalue weighted by molar-refractivity contribution is 8.00. The van der Waals surface area contributed by atoms with Gasteiger partial charge in [-0.2, -0.15) is 0 Å². The topological polar surface area (TPSA) is 32.3 Å². The SMILES string of the molecule is C[C@@H](Sc1ccc(Cl)cc1)C(=O)NCc1ccc(CN2CCCCC2)cc1. The summed E-state index contributed by atoms with van der Waals surface area (Å²) in [4.78, 5) is 15.9. The van der Waals surface area contributed by atoms with Crippen LogP contribution < -0.4 is 5.32 Å². The average molecular weight is 403 g/mol. The molecule has 3 nitrogen and oxygen atoms in total. The summed E-state index contributed by atoms with van der Waals surface area (Å²) in [6.45, 7) is 5.94. The lowest BCUT2D eigenvalue weighted by Crippen LogP contribution is -2.30. The zero-order valence-electron chi connectivity index (χ0n) is 15.8. The Morgan fingerprint density at radius 3 is 2.33 bits per heavy atom. The highest BCUT2D eigenvalue weighted by atomic mass is 35.5. The summed E-state index contributed by atoms with van der Waals surface area (Å²) in [7, 11) is 0. The maximum absolute atomic E-state index is 12.4. The number of halogens is 1. The van der Waals surface area contributed by atoms with E-state index in [1.807, 2.05) is 31.2 Å². The number of hydrogen-bond donors (Lipinski definition) is 1. The molecule has 0 radical (unpaired) electrons. The van der Waals surface area contributed by atoms with Crippen molar-refractivity contribution in [2.75, 3.05) is 13.1 Å². The molecule has 27 heavy (non-hydrogen) atoms. The Bertz CT molecular complexity index is 727. The van der Waals surface area contributed by atoms with Crippen LogP contribution in [0.4, 0.5) is 0 Å². The van der Waals surface area contributed by atoms with E-state index in [9.17, 15) is 4.79 Å². The largest absolute Gasteiger partial charge is 0.351 e. The van der Waals surface area contributed by atoms with Crippen LogP contribution in [0.3, 0.4) is 0 Å². The predicted octanol–water partition coefficient (Wildman–Crippen LogP) is 5.12. The molecule has 1 atom stereocenters. The molecule has 2 aromatic carbocycles. The number of piperidine rings is 1. The Hall–Kier alpha value is -1.49. The summed E-state index contributed by atoms with van der Waals surface area (Å²) in [6, 6.07) is 16.2. The van der Waals surface area contributed by atoms with E-state index in [0.29, 0.717) is 11.6 Å². The Kier molecular flexibility index (Phi) is 7.62. The van der Waals surface area contributed by atoms with Crippen LogP contribution in [0.15, 0.2) is 53.4 Å². The molecule has 0 aliphatic carbocycles. The van der Waals surface area contributed by atoms with Crippen molar-refractivity contribution < 1.29 is 4.79 Å². The summed E-state index contributed by atoms with van der Waals surface area (Å²) in [5.74, 6) is 0.0485. The molecule has 1 N–H and O–H groups in total. The first-order valence-corrected chi connectivity index (χ1v) is 10.9. The second-order valence-corrected chi connectivity index (χ2v) is 8.94. The van der Waals surface area contributed by atoms with Gasteiger partial charge in [-0.05, 0) is 68.2 Å². The number of hydrogen-bond acceptors (Lipinski definition) is 3. The molecule has 144 valence electrons. The van der Waals surface area contributed by atoms with Gasteiger partial charge in [0.1, 0.15) is 0 Å². The van der Waals surface area contributed by atoms with Crippen LogP contribution in [-0.2, 0) is 17.9 Å². The third kappa shape index (κ3) is 6.56. The molecule has 1 fully saturated rings. The monoisotopic (exact) mass is 402 g/mol. The Labute approximate surface area is 171 Å². The highest BCUT2D eigenvalue weighted by Gasteiger charge is 2.14. The van der Waals surface area contributed by atoms with Crippen LogP contribution in [-0.4, -0.2) is 29.1 Å². The second kappa shape index (κ2) is 10.2. The summed E-state index contributed by atoms with van der Waals surface area (Å²) in [6.07, 6.45) is 4.00. The van der Waals surface area contributed by atoms with Crippen molar-refractivity contribution in [2.24, 2.45) is 0 Å². The third-order valence-corrected chi connectivity index (χ3v) is 6.20. The van der Waals surface area contributed by atoms with E-state index in [4.69, 9.17) is 11.6 Å². The minimum atomic E-state index is -0.149. The molecular weight excluding hydrogens is 376 g/mol. The van der Waals surface area contributed by atoms with Gasteiger partial charge in [-0.1, -0.05) is 42.3 Å². The van der Waals surface area contributed by atoms with Crippen molar-refractivity contribution in [2.45, 2.75) is 49.4 Å². The fourth-order valence-corrected chi connectivity index (χ4v) is 4.26. The molecule has 1 amide bonds. The molecule has 5 heteroatoms. The number of carbonyl (C=O) groups is 1. The van der Waals surface area contributed by atoms with Crippen molar-refractivity contribution in [3.05, 3.63) is 64.7 Å². The molecule has 0 aromatic heterocycles. The molecule has 0 saturated carbocycles. The summed E-state index contributed by atoms with van der Waals surface area (Å²) < 4.78 is 0. The maximum Gasteiger partial charge on any atom is 0.233 e. The third-order valence-electron chi connectivity index (χ3n) is 4.84. The van der Waals surface area contributed by atoms with Gasteiger partial charge in [-0.25, -0.2) is 0 Å². The molecule has 1 aliphatic heterocycles. The molecular formula is C22H27ClN2OS. The quantitative estimate of drug-likeness (QED) is 0.652. The predicted molar refractivity (Wildman–Crippen MR) is 114 cm³/mol. The van der Waals surface area contributed by atoms with Crippen molar-refractivity contribution >= 4 is 29.3 Å². The van der Waals surface area contributed by atoms with E-state index >= 15 is 0 Å². The van der Waals surface area contributed by atoms with Gasteiger partial charge in [0.2, 0.25) is 5.91 Å². The fourth-order valence-electron chi connectivity index (χ4n) is 3.24. The highest BCUT2D eigenvalue weighted by Crippen LogP contribution is 2.24. The van der Waals surface area contributed by atoms with Crippen LogP contribution in [0, 0.1) is 0 Å².